The summed E-state index contributed by atoms with van der Waals surface area (Å²) in [6.45, 7) is -0.0945. The van der Waals surface area contributed by atoms with E-state index in [-0.39, 0.29) is 46.6 Å². The highest BCUT2D eigenvalue weighted by Crippen LogP contribution is 2.32. The number of carboxylic acids is 1. The maximum absolute atomic E-state index is 13.3. The number of benzene rings is 1. The number of methoxy groups -OCH3 is 2. The van der Waals surface area contributed by atoms with Gasteiger partial charge in [-0.05, 0) is 12.1 Å². The Morgan fingerprint density at radius 3 is 2.33 bits per heavy atom. The van der Waals surface area contributed by atoms with Gasteiger partial charge in [0.2, 0.25) is 5.95 Å². The molecule has 1 aromatic carbocycles. The largest absolute Gasteiger partial charge is 0.497 e. The lowest BCUT2D eigenvalue weighted by molar-refractivity contribution is -0.141. The fraction of sp³-hybridized carbons (Fsp3) is 0.240. The fourth-order valence-corrected chi connectivity index (χ4v) is 4.16. The van der Waals surface area contributed by atoms with Crippen molar-refractivity contribution in [2.24, 2.45) is 0 Å². The summed E-state index contributed by atoms with van der Waals surface area (Å²) in [7, 11) is -0.398. The van der Waals surface area contributed by atoms with Crippen LogP contribution < -0.4 is 20.1 Å². The molecule has 3 aromatic heterocycles. The molecule has 42 heavy (non-hydrogen) atoms. The number of anilines is 3. The van der Waals surface area contributed by atoms with Gasteiger partial charge in [-0.15, -0.1) is 0 Å². The smallest absolute Gasteiger partial charge is 0.435 e. The van der Waals surface area contributed by atoms with Gasteiger partial charge in [0, 0.05) is 66.4 Å². The van der Waals surface area contributed by atoms with Crippen LogP contribution in [0.25, 0.3) is 16.9 Å². The summed E-state index contributed by atoms with van der Waals surface area (Å²) in [6.07, 6.45) is -0.108. The van der Waals surface area contributed by atoms with Gasteiger partial charge in [0.15, 0.2) is 11.5 Å². The molecule has 0 radical (unpaired) electrons. The molecule has 0 saturated heterocycles. The quantitative estimate of drug-likeness (QED) is 0.226. The molecule has 0 spiro atoms. The lowest BCUT2D eigenvalue weighted by Gasteiger charge is -2.14. The molecule has 0 bridgehead atoms. The van der Waals surface area contributed by atoms with Crippen LogP contribution in [-0.4, -0.2) is 77.0 Å². The number of pyridine rings is 1. The highest BCUT2D eigenvalue weighted by Gasteiger charge is 2.34. The predicted molar refractivity (Wildman–Crippen MR) is 145 cm³/mol. The second kappa shape index (κ2) is 11.9. The molecular formula is C25H24F3N7O6S. The molecular weight excluding hydrogens is 583 g/mol. The molecule has 0 fully saturated rings. The lowest BCUT2D eigenvalue weighted by Crippen LogP contribution is -2.17. The molecule has 0 saturated carbocycles. The molecule has 0 aliphatic heterocycles. The van der Waals surface area contributed by atoms with Crippen molar-refractivity contribution < 1.29 is 41.0 Å². The van der Waals surface area contributed by atoms with Crippen LogP contribution in [0.3, 0.4) is 0 Å². The maximum Gasteiger partial charge on any atom is 0.435 e. The molecule has 4 aromatic rings. The van der Waals surface area contributed by atoms with Crippen LogP contribution in [0.15, 0.2) is 48.9 Å². The number of aromatic carboxylic acids is 1. The summed E-state index contributed by atoms with van der Waals surface area (Å²) in [4.78, 5) is 24.7. The Hall–Kier alpha value is -4.93. The minimum atomic E-state index is -4.73. The van der Waals surface area contributed by atoms with Gasteiger partial charge in [0.25, 0.3) is 0 Å². The highest BCUT2D eigenvalue weighted by atomic mass is 32.2. The number of hydrogen-bond donors (Lipinski definition) is 3. The summed E-state index contributed by atoms with van der Waals surface area (Å²) in [5.74, 6) is -0.978. The summed E-state index contributed by atoms with van der Waals surface area (Å²) in [6, 6.07) is 6.85. The van der Waals surface area contributed by atoms with Crippen LogP contribution in [0.4, 0.5) is 30.6 Å². The zero-order chi connectivity index (χ0) is 30.7. The van der Waals surface area contributed by atoms with Crippen LogP contribution in [0.5, 0.6) is 11.5 Å². The van der Waals surface area contributed by atoms with Crippen LogP contribution in [0.1, 0.15) is 16.1 Å². The number of ether oxygens (including phenoxy) is 2. The molecule has 13 nitrogen and oxygen atoms in total. The van der Waals surface area contributed by atoms with E-state index in [0.29, 0.717) is 17.2 Å². The number of carboxylic acid groups (broad SMARTS) is 1. The Balaban J connectivity index is 1.79. The third-order valence-electron chi connectivity index (χ3n) is 5.67. The lowest BCUT2D eigenvalue weighted by atomic mass is 10.1. The van der Waals surface area contributed by atoms with E-state index >= 15 is 0 Å². The molecule has 0 aliphatic rings. The second-order valence-electron chi connectivity index (χ2n) is 8.78. The Morgan fingerprint density at radius 2 is 1.76 bits per heavy atom. The third-order valence-corrected chi connectivity index (χ3v) is 6.61. The molecule has 222 valence electrons. The Kier molecular flexibility index (Phi) is 8.51. The van der Waals surface area contributed by atoms with Gasteiger partial charge in [-0.2, -0.15) is 23.3 Å². The number of rotatable bonds is 11. The van der Waals surface area contributed by atoms with Gasteiger partial charge in [-0.3, -0.25) is 0 Å². The Bertz CT molecular complexity index is 1710. The maximum atomic E-state index is 13.3. The summed E-state index contributed by atoms with van der Waals surface area (Å²) >= 11 is 0. The molecule has 0 aliphatic carbocycles. The molecule has 0 unspecified atom stereocenters. The Morgan fingerprint density at radius 1 is 1.07 bits per heavy atom. The minimum absolute atomic E-state index is 0.0291. The number of aromatic nitrogens is 5. The first-order chi connectivity index (χ1) is 19.8. The van der Waals surface area contributed by atoms with Gasteiger partial charge in [0.05, 0.1) is 20.0 Å². The molecule has 3 heterocycles. The van der Waals surface area contributed by atoms with Gasteiger partial charge >= 0.3 is 12.1 Å². The van der Waals surface area contributed by atoms with Crippen molar-refractivity contribution in [3.63, 3.8) is 0 Å². The van der Waals surface area contributed by atoms with Crippen molar-refractivity contribution in [3.05, 3.63) is 60.2 Å². The zero-order valence-corrected chi connectivity index (χ0v) is 23.1. The van der Waals surface area contributed by atoms with Crippen molar-refractivity contribution in [2.75, 3.05) is 43.4 Å². The van der Waals surface area contributed by atoms with E-state index in [0.717, 1.165) is 23.2 Å². The number of halogens is 3. The van der Waals surface area contributed by atoms with E-state index in [2.05, 4.69) is 30.7 Å². The number of alkyl halides is 3. The first-order valence-corrected chi connectivity index (χ1v) is 14.0. The second-order valence-corrected chi connectivity index (χ2v) is 11.0. The number of nitrogens with zero attached hydrogens (tertiary/aromatic N) is 5. The summed E-state index contributed by atoms with van der Waals surface area (Å²) in [5, 5.41) is 19.0. The van der Waals surface area contributed by atoms with E-state index < -0.39 is 27.7 Å². The van der Waals surface area contributed by atoms with Gasteiger partial charge in [0.1, 0.15) is 32.7 Å². The van der Waals surface area contributed by atoms with Crippen LogP contribution in [-0.2, 0) is 16.0 Å². The van der Waals surface area contributed by atoms with Crippen LogP contribution in [0.2, 0.25) is 0 Å². The SMILES string of the molecule is COc1cc(Nc2ncc(-c3cnc(NCCS(C)(=O)=O)c(C(=O)O)c3)c(-n3ccc(C(F)(F)F)n3)n2)cc(OC)c1. The number of hydrogen-bond acceptors (Lipinski definition) is 11. The summed E-state index contributed by atoms with van der Waals surface area (Å²) in [5.41, 5.74) is -0.781. The summed E-state index contributed by atoms with van der Waals surface area (Å²) < 4.78 is 74.3. The zero-order valence-electron chi connectivity index (χ0n) is 22.3. The van der Waals surface area contributed by atoms with Crippen molar-refractivity contribution in [2.45, 2.75) is 6.18 Å². The normalized spacial score (nSPS) is 11.7. The van der Waals surface area contributed by atoms with Crippen molar-refractivity contribution in [3.8, 4) is 28.4 Å². The van der Waals surface area contributed by atoms with Gasteiger partial charge < -0.3 is 25.2 Å². The van der Waals surface area contributed by atoms with Crippen LogP contribution in [0, 0.1) is 0 Å². The number of sulfone groups is 1. The number of carbonyl (C=O) groups is 1. The molecule has 17 heteroatoms. The molecule has 0 amide bonds. The number of nitrogens with one attached hydrogen (secondary N) is 2. The highest BCUT2D eigenvalue weighted by molar-refractivity contribution is 7.90. The van der Waals surface area contributed by atoms with Crippen molar-refractivity contribution in [1.82, 2.24) is 24.7 Å². The van der Waals surface area contributed by atoms with Crippen LogP contribution >= 0.6 is 0 Å². The minimum Gasteiger partial charge on any atom is -0.497 e. The Labute approximate surface area is 237 Å². The van der Waals surface area contributed by atoms with Crippen molar-refractivity contribution >= 4 is 33.3 Å². The first kappa shape index (κ1) is 30.0. The van der Waals surface area contributed by atoms with Gasteiger partial charge in [-0.25, -0.2) is 27.9 Å². The predicted octanol–water partition coefficient (Wildman–Crippen LogP) is 3.66. The molecule has 0 atom stereocenters. The van der Waals surface area contributed by atoms with E-state index in [1.807, 2.05) is 0 Å². The average Bonchev–Trinajstić information content (AvgIpc) is 3.43. The first-order valence-electron chi connectivity index (χ1n) is 11.9. The van der Waals surface area contributed by atoms with E-state index in [1.54, 1.807) is 18.2 Å². The van der Waals surface area contributed by atoms with E-state index in [9.17, 15) is 31.5 Å². The fourth-order valence-electron chi connectivity index (χ4n) is 3.68. The monoisotopic (exact) mass is 607 g/mol. The molecule has 3 N–H and O–H groups in total. The van der Waals surface area contributed by atoms with Crippen molar-refractivity contribution in [1.29, 1.82) is 0 Å². The van der Waals surface area contributed by atoms with Gasteiger partial charge in [-0.1, -0.05) is 0 Å². The topological polar surface area (TPSA) is 170 Å². The van der Waals surface area contributed by atoms with E-state index in [4.69, 9.17) is 9.47 Å². The molecule has 4 rings (SSSR count). The average molecular weight is 608 g/mol. The standard InChI is InChI=1S/C25H24F3N7O6S/c1-40-16-9-15(10-17(11-16)41-2)32-24-31-13-19(22(33-24)35-6-4-20(34-35)25(26,27)28)14-8-18(23(36)37)21(30-12-14)29-5-7-42(3,38)39/h4,6,8-13H,5,7H2,1-3H3,(H,29,30)(H,36,37)(H,31,32,33). The van der Waals surface area contributed by atoms with E-state index in [1.165, 1.54) is 32.7 Å². The third kappa shape index (κ3) is 7.22.